The van der Waals surface area contributed by atoms with Crippen LogP contribution in [0.4, 0.5) is 5.82 Å². The number of aromatic nitrogens is 3. The van der Waals surface area contributed by atoms with Gasteiger partial charge in [-0.15, -0.1) is 0 Å². The molecule has 1 spiro atoms. The minimum absolute atomic E-state index is 0.442. The molecule has 2 fully saturated rings. The number of fused-ring (bicyclic) bond motifs is 1. The number of anilines is 1. The summed E-state index contributed by atoms with van der Waals surface area (Å²) in [6.07, 6.45) is 2.48. The van der Waals surface area contributed by atoms with Gasteiger partial charge in [0.05, 0.1) is 29.3 Å². The standard InChI is InChI=1S/C21H23ClN4O3/c1-3-14-10-15-12-16(20-23-13(2)25-29-20)19(24-18(15)17(22)11-14)26-6-4-21(5-7-26)27-8-9-28-21/h10-12H,3-9H2,1-2H3. The average molecular weight is 415 g/mol. The second-order valence-electron chi connectivity index (χ2n) is 7.60. The molecule has 2 aliphatic heterocycles. The van der Waals surface area contributed by atoms with Gasteiger partial charge in [-0.3, -0.25) is 0 Å². The largest absolute Gasteiger partial charge is 0.356 e. The van der Waals surface area contributed by atoms with Crippen LogP contribution < -0.4 is 4.90 Å². The van der Waals surface area contributed by atoms with Gasteiger partial charge in [-0.2, -0.15) is 4.98 Å². The number of aryl methyl sites for hydroxylation is 2. The maximum absolute atomic E-state index is 6.58. The zero-order chi connectivity index (χ0) is 20.0. The molecule has 8 heteroatoms. The van der Waals surface area contributed by atoms with Gasteiger partial charge in [0.25, 0.3) is 5.89 Å². The lowest BCUT2D eigenvalue weighted by atomic mass is 10.0. The summed E-state index contributed by atoms with van der Waals surface area (Å²) < 4.78 is 17.2. The third-order valence-electron chi connectivity index (χ3n) is 5.72. The Kier molecular flexibility index (Phi) is 4.69. The van der Waals surface area contributed by atoms with Crippen LogP contribution in [0.3, 0.4) is 0 Å². The first-order valence-corrected chi connectivity index (χ1v) is 10.4. The first-order valence-electron chi connectivity index (χ1n) is 10.0. The van der Waals surface area contributed by atoms with Gasteiger partial charge in [0, 0.05) is 31.3 Å². The van der Waals surface area contributed by atoms with E-state index in [2.05, 4.69) is 34.1 Å². The summed E-state index contributed by atoms with van der Waals surface area (Å²) in [7, 11) is 0. The summed E-state index contributed by atoms with van der Waals surface area (Å²) >= 11 is 6.58. The van der Waals surface area contributed by atoms with E-state index in [1.807, 2.05) is 13.0 Å². The molecule has 0 amide bonds. The Morgan fingerprint density at radius 2 is 1.86 bits per heavy atom. The molecule has 29 heavy (non-hydrogen) atoms. The summed E-state index contributed by atoms with van der Waals surface area (Å²) in [4.78, 5) is 11.6. The fraction of sp³-hybridized carbons (Fsp3) is 0.476. The Balaban J connectivity index is 1.60. The Morgan fingerprint density at radius 3 is 2.52 bits per heavy atom. The molecule has 4 heterocycles. The highest BCUT2D eigenvalue weighted by atomic mass is 35.5. The first-order chi connectivity index (χ1) is 14.1. The maximum atomic E-state index is 6.58. The van der Waals surface area contributed by atoms with Gasteiger partial charge in [-0.25, -0.2) is 4.98 Å². The van der Waals surface area contributed by atoms with Gasteiger partial charge in [0.2, 0.25) is 0 Å². The zero-order valence-corrected chi connectivity index (χ0v) is 17.3. The van der Waals surface area contributed by atoms with Crippen molar-refractivity contribution < 1.29 is 14.0 Å². The number of halogens is 1. The molecule has 152 valence electrons. The molecule has 0 aliphatic carbocycles. The number of piperidine rings is 1. The molecule has 0 radical (unpaired) electrons. The average Bonchev–Trinajstić information content (AvgIpc) is 3.37. The van der Waals surface area contributed by atoms with Crippen LogP contribution in [-0.4, -0.2) is 47.2 Å². The van der Waals surface area contributed by atoms with E-state index >= 15 is 0 Å². The monoisotopic (exact) mass is 414 g/mol. The molecule has 2 aromatic heterocycles. The summed E-state index contributed by atoms with van der Waals surface area (Å²) in [6, 6.07) is 6.17. The maximum Gasteiger partial charge on any atom is 0.261 e. The molecule has 2 aliphatic rings. The Morgan fingerprint density at radius 1 is 1.10 bits per heavy atom. The summed E-state index contributed by atoms with van der Waals surface area (Å²) in [5, 5.41) is 5.60. The molecule has 0 atom stereocenters. The van der Waals surface area contributed by atoms with Crippen LogP contribution in [0.2, 0.25) is 5.02 Å². The van der Waals surface area contributed by atoms with Crippen molar-refractivity contribution in [2.75, 3.05) is 31.2 Å². The van der Waals surface area contributed by atoms with Crippen LogP contribution >= 0.6 is 11.6 Å². The smallest absolute Gasteiger partial charge is 0.261 e. The van der Waals surface area contributed by atoms with E-state index < -0.39 is 5.79 Å². The van der Waals surface area contributed by atoms with Crippen molar-refractivity contribution in [2.24, 2.45) is 0 Å². The highest BCUT2D eigenvalue weighted by molar-refractivity contribution is 6.35. The minimum Gasteiger partial charge on any atom is -0.356 e. The van der Waals surface area contributed by atoms with E-state index in [4.69, 9.17) is 30.6 Å². The molecule has 1 aromatic carbocycles. The Labute approximate surface area is 174 Å². The molecule has 0 N–H and O–H groups in total. The van der Waals surface area contributed by atoms with Gasteiger partial charge in [0.15, 0.2) is 11.6 Å². The number of rotatable bonds is 3. The van der Waals surface area contributed by atoms with Crippen LogP contribution in [-0.2, 0) is 15.9 Å². The first kappa shape index (κ1) is 18.8. The summed E-state index contributed by atoms with van der Waals surface area (Å²) in [5.74, 6) is 1.43. The van der Waals surface area contributed by atoms with Crippen molar-refractivity contribution in [3.63, 3.8) is 0 Å². The van der Waals surface area contributed by atoms with Gasteiger partial charge >= 0.3 is 0 Å². The van der Waals surface area contributed by atoms with Gasteiger partial charge < -0.3 is 18.9 Å². The van der Waals surface area contributed by atoms with Crippen LogP contribution in [0.5, 0.6) is 0 Å². The van der Waals surface area contributed by atoms with Crippen LogP contribution in [0.25, 0.3) is 22.4 Å². The summed E-state index contributed by atoms with van der Waals surface area (Å²) in [6.45, 7) is 6.78. The van der Waals surface area contributed by atoms with Gasteiger partial charge in [-0.05, 0) is 37.1 Å². The molecule has 5 rings (SSSR count). The van der Waals surface area contributed by atoms with Crippen molar-refractivity contribution in [1.82, 2.24) is 15.1 Å². The predicted octanol–water partition coefficient (Wildman–Crippen LogP) is 4.15. The van der Waals surface area contributed by atoms with Crippen molar-refractivity contribution in [2.45, 2.75) is 38.9 Å². The van der Waals surface area contributed by atoms with Crippen LogP contribution in [0.15, 0.2) is 22.7 Å². The normalized spacial score (nSPS) is 18.8. The topological polar surface area (TPSA) is 73.5 Å². The van der Waals surface area contributed by atoms with Crippen molar-refractivity contribution in [3.8, 4) is 11.5 Å². The number of hydrogen-bond donors (Lipinski definition) is 0. The highest BCUT2D eigenvalue weighted by Gasteiger charge is 2.40. The molecule has 3 aromatic rings. The molecule has 2 saturated heterocycles. The lowest BCUT2D eigenvalue weighted by Gasteiger charge is -2.38. The lowest BCUT2D eigenvalue weighted by Crippen LogP contribution is -2.45. The molecule has 0 bridgehead atoms. The van der Waals surface area contributed by atoms with E-state index in [-0.39, 0.29) is 0 Å². The third kappa shape index (κ3) is 3.37. The number of ether oxygens (including phenoxy) is 2. The van der Waals surface area contributed by atoms with Crippen molar-refractivity contribution in [1.29, 1.82) is 0 Å². The van der Waals surface area contributed by atoms with Crippen LogP contribution in [0.1, 0.15) is 31.2 Å². The molecular weight excluding hydrogens is 392 g/mol. The second kappa shape index (κ2) is 7.23. The molecule has 0 unspecified atom stereocenters. The minimum atomic E-state index is -0.442. The number of nitrogens with zero attached hydrogens (tertiary/aromatic N) is 4. The number of benzene rings is 1. The number of pyridine rings is 1. The fourth-order valence-corrected chi connectivity index (χ4v) is 4.44. The Hall–Kier alpha value is -2.22. The number of hydrogen-bond acceptors (Lipinski definition) is 7. The van der Waals surface area contributed by atoms with E-state index in [0.29, 0.717) is 30.0 Å². The third-order valence-corrected chi connectivity index (χ3v) is 6.00. The molecule has 7 nitrogen and oxygen atoms in total. The SMILES string of the molecule is CCc1cc(Cl)c2nc(N3CCC4(CC3)OCCO4)c(-c3nc(C)no3)cc2c1. The predicted molar refractivity (Wildman–Crippen MR) is 110 cm³/mol. The van der Waals surface area contributed by atoms with Gasteiger partial charge in [-0.1, -0.05) is 23.7 Å². The van der Waals surface area contributed by atoms with Crippen molar-refractivity contribution in [3.05, 3.63) is 34.6 Å². The molecular formula is C21H23ClN4O3. The van der Waals surface area contributed by atoms with E-state index in [9.17, 15) is 0 Å². The van der Waals surface area contributed by atoms with Crippen LogP contribution in [0, 0.1) is 6.92 Å². The molecule has 0 saturated carbocycles. The quantitative estimate of drug-likeness (QED) is 0.637. The van der Waals surface area contributed by atoms with E-state index in [1.54, 1.807) is 0 Å². The Bertz CT molecular complexity index is 1050. The highest BCUT2D eigenvalue weighted by Crippen LogP contribution is 2.38. The fourth-order valence-electron chi connectivity index (χ4n) is 4.15. The van der Waals surface area contributed by atoms with Gasteiger partial charge in [0.1, 0.15) is 5.82 Å². The summed E-state index contributed by atoms with van der Waals surface area (Å²) in [5.41, 5.74) is 2.78. The lowest BCUT2D eigenvalue weighted by molar-refractivity contribution is -0.169. The van der Waals surface area contributed by atoms with E-state index in [0.717, 1.165) is 54.6 Å². The van der Waals surface area contributed by atoms with Crippen molar-refractivity contribution >= 4 is 28.3 Å². The van der Waals surface area contributed by atoms with E-state index in [1.165, 1.54) is 5.56 Å². The second-order valence-corrected chi connectivity index (χ2v) is 8.01. The zero-order valence-electron chi connectivity index (χ0n) is 16.6.